The van der Waals surface area contributed by atoms with Crippen LogP contribution in [0.15, 0.2) is 18.7 Å². The molecule has 0 saturated carbocycles. The third kappa shape index (κ3) is 5.81. The summed E-state index contributed by atoms with van der Waals surface area (Å²) in [6.45, 7) is 10.3. The lowest BCUT2D eigenvalue weighted by molar-refractivity contribution is -0.438. The molecular formula is C17H27IN5O4+. The Morgan fingerprint density at radius 1 is 1.04 bits per heavy atom. The van der Waals surface area contributed by atoms with Crippen LogP contribution in [-0.2, 0) is 9.53 Å². The van der Waals surface area contributed by atoms with Crippen LogP contribution in [0.25, 0.3) is 0 Å². The number of carbonyl (C=O) groups is 3. The van der Waals surface area contributed by atoms with Crippen LogP contribution in [0.3, 0.4) is 0 Å². The maximum absolute atomic E-state index is 12.8. The number of carbonyl (C=O) groups excluding carboxylic acids is 3. The molecule has 1 N–H and O–H groups in total. The van der Waals surface area contributed by atoms with Crippen molar-refractivity contribution in [2.24, 2.45) is 0 Å². The molecule has 9 nitrogen and oxygen atoms in total. The van der Waals surface area contributed by atoms with Crippen LogP contribution in [0.1, 0.15) is 34.6 Å². The molecule has 1 aromatic rings. The van der Waals surface area contributed by atoms with Crippen LogP contribution in [0.2, 0.25) is 0 Å². The van der Waals surface area contributed by atoms with Crippen molar-refractivity contribution in [2.45, 2.75) is 45.8 Å². The van der Waals surface area contributed by atoms with Crippen LogP contribution in [0.4, 0.5) is 9.59 Å². The Bertz CT molecular complexity index is 717. The van der Waals surface area contributed by atoms with E-state index in [0.717, 1.165) is 0 Å². The van der Waals surface area contributed by atoms with Gasteiger partial charge in [-0.1, -0.05) is 0 Å². The zero-order valence-corrected chi connectivity index (χ0v) is 18.5. The Morgan fingerprint density at radius 3 is 2.07 bits per heavy atom. The summed E-state index contributed by atoms with van der Waals surface area (Å²) in [6.07, 6.45) is 4.53. The van der Waals surface area contributed by atoms with E-state index in [0.29, 0.717) is 26.2 Å². The first-order valence-electron chi connectivity index (χ1n) is 8.74. The summed E-state index contributed by atoms with van der Waals surface area (Å²) in [5.41, 5.74) is -1.73. The molecule has 0 unspecified atom stereocenters. The van der Waals surface area contributed by atoms with Crippen molar-refractivity contribution in [3.63, 3.8) is 0 Å². The normalized spacial score (nSPS) is 15.5. The number of aromatic nitrogens is 2. The van der Waals surface area contributed by atoms with E-state index in [2.05, 4.69) is 28.2 Å². The summed E-state index contributed by atoms with van der Waals surface area (Å²) in [5.74, 6) is -0.202. The minimum Gasteiger partial charge on any atom is -0.444 e. The van der Waals surface area contributed by atoms with E-state index in [4.69, 9.17) is 4.74 Å². The van der Waals surface area contributed by atoms with Gasteiger partial charge in [0.25, 0.3) is 6.33 Å². The minimum absolute atomic E-state index is 0.122. The van der Waals surface area contributed by atoms with Gasteiger partial charge in [0.2, 0.25) is 28.8 Å². The number of hydrogen-bond acceptors (Lipinski definition) is 4. The predicted molar refractivity (Wildman–Crippen MR) is 106 cm³/mol. The number of piperazine rings is 1. The zero-order chi connectivity index (χ0) is 20.4. The summed E-state index contributed by atoms with van der Waals surface area (Å²) < 4.78 is 8.51. The van der Waals surface area contributed by atoms with Crippen LogP contribution in [-0.4, -0.2) is 69.7 Å². The highest BCUT2D eigenvalue weighted by Gasteiger charge is 2.37. The van der Waals surface area contributed by atoms with Crippen molar-refractivity contribution >= 4 is 40.9 Å². The maximum atomic E-state index is 12.8. The zero-order valence-electron chi connectivity index (χ0n) is 16.4. The van der Waals surface area contributed by atoms with Crippen molar-refractivity contribution < 1.29 is 21.9 Å². The van der Waals surface area contributed by atoms with Crippen LogP contribution in [0, 0.1) is 0 Å². The minimum atomic E-state index is -1.10. The van der Waals surface area contributed by atoms with Gasteiger partial charge in [-0.25, -0.2) is 9.59 Å². The highest BCUT2D eigenvalue weighted by Crippen LogP contribution is 2.14. The second-order valence-electron chi connectivity index (χ2n) is 7.98. The molecule has 0 aliphatic carbocycles. The number of alkyl carbamates (subject to hydrolysis) is 1. The van der Waals surface area contributed by atoms with Crippen molar-refractivity contribution in [2.75, 3.05) is 26.2 Å². The lowest BCUT2D eigenvalue weighted by atomic mass is 10.0. The molecule has 3 amide bonds. The standard InChI is InChI=1S/C17H26IN5O4/c1-16(2,3)27-14(25)19-17(4,5)13(24)20-6-8-21(9-7-20)15(26)22-10-11-23(18)12-22/h10-12H,6-9H2,1-5H3/p+1. The first kappa shape index (κ1) is 21.5. The predicted octanol–water partition coefficient (Wildman–Crippen LogP) is 1.39. The summed E-state index contributed by atoms with van der Waals surface area (Å²) in [5, 5.41) is 2.63. The van der Waals surface area contributed by atoms with Gasteiger partial charge >= 0.3 is 12.1 Å². The molecule has 1 aliphatic rings. The SMILES string of the molecule is CC(C)(C)OC(=O)NC(C)(C)C(=O)N1CCN(C(=O)n2cc[n+](I)c2)CC1. The van der Waals surface area contributed by atoms with E-state index in [1.165, 1.54) is 4.57 Å². The van der Waals surface area contributed by atoms with Gasteiger partial charge in [0.05, 0.1) is 0 Å². The van der Waals surface area contributed by atoms with Gasteiger partial charge in [0, 0.05) is 26.2 Å². The van der Waals surface area contributed by atoms with Crippen LogP contribution >= 0.6 is 22.9 Å². The largest absolute Gasteiger partial charge is 0.444 e. The fourth-order valence-electron chi connectivity index (χ4n) is 2.72. The highest BCUT2D eigenvalue weighted by molar-refractivity contribution is 14.1. The number of nitrogens with zero attached hydrogens (tertiary/aromatic N) is 4. The van der Waals surface area contributed by atoms with Crippen molar-refractivity contribution in [3.05, 3.63) is 18.7 Å². The molecule has 0 aromatic carbocycles. The Balaban J connectivity index is 1.91. The maximum Gasteiger partial charge on any atom is 0.415 e. The Hall–Kier alpha value is -1.85. The van der Waals surface area contributed by atoms with Crippen molar-refractivity contribution in [1.82, 2.24) is 19.7 Å². The summed E-state index contributed by atoms with van der Waals surface area (Å²) >= 11 is 2.07. The van der Waals surface area contributed by atoms with E-state index in [-0.39, 0.29) is 11.9 Å². The van der Waals surface area contributed by atoms with E-state index in [1.807, 2.05) is 0 Å². The molecule has 0 atom stereocenters. The van der Waals surface area contributed by atoms with E-state index in [1.54, 1.807) is 65.9 Å². The lowest BCUT2D eigenvalue weighted by Crippen LogP contribution is -2.60. The monoisotopic (exact) mass is 492 g/mol. The molecule has 10 heteroatoms. The Kier molecular flexibility index (Phi) is 6.38. The molecule has 2 heterocycles. The summed E-state index contributed by atoms with van der Waals surface area (Å²) in [4.78, 5) is 40.6. The fraction of sp³-hybridized carbons (Fsp3) is 0.647. The Labute approximate surface area is 173 Å². The van der Waals surface area contributed by atoms with Gasteiger partial charge in [-0.15, -0.1) is 0 Å². The fourth-order valence-corrected chi connectivity index (χ4v) is 3.13. The number of halogens is 1. The average molecular weight is 492 g/mol. The smallest absolute Gasteiger partial charge is 0.415 e. The molecule has 1 aliphatic heterocycles. The van der Waals surface area contributed by atoms with E-state index >= 15 is 0 Å². The van der Waals surface area contributed by atoms with Gasteiger partial charge < -0.3 is 19.9 Å². The van der Waals surface area contributed by atoms with Crippen molar-refractivity contribution in [3.8, 4) is 0 Å². The summed E-state index contributed by atoms with van der Waals surface area (Å²) in [6, 6.07) is -0.122. The second kappa shape index (κ2) is 8.03. The topological polar surface area (TPSA) is 87.8 Å². The van der Waals surface area contributed by atoms with Crippen LogP contribution < -0.4 is 8.10 Å². The van der Waals surface area contributed by atoms with Crippen LogP contribution in [0.5, 0.6) is 0 Å². The van der Waals surface area contributed by atoms with E-state index in [9.17, 15) is 14.4 Å². The van der Waals surface area contributed by atoms with E-state index < -0.39 is 17.2 Å². The lowest BCUT2D eigenvalue weighted by Gasteiger charge is -2.38. The van der Waals surface area contributed by atoms with Gasteiger partial charge in [0.1, 0.15) is 23.5 Å². The molecule has 0 bridgehead atoms. The quantitative estimate of drug-likeness (QED) is 0.633. The van der Waals surface area contributed by atoms with Gasteiger partial charge in [-0.2, -0.15) is 7.35 Å². The molecule has 1 saturated heterocycles. The van der Waals surface area contributed by atoms with Gasteiger partial charge in [-0.05, 0) is 34.6 Å². The average Bonchev–Trinajstić information content (AvgIpc) is 2.97. The second-order valence-corrected chi connectivity index (χ2v) is 9.09. The van der Waals surface area contributed by atoms with Crippen molar-refractivity contribution in [1.29, 1.82) is 0 Å². The van der Waals surface area contributed by atoms with Gasteiger partial charge in [-0.3, -0.25) is 4.79 Å². The number of nitrogens with one attached hydrogen (secondary N) is 1. The third-order valence-electron chi connectivity index (χ3n) is 4.01. The molecule has 2 rings (SSSR count). The molecule has 1 fully saturated rings. The third-order valence-corrected chi connectivity index (χ3v) is 4.58. The number of amides is 3. The first-order valence-corrected chi connectivity index (χ1v) is 9.71. The number of ether oxygens (including phenoxy) is 1. The molecule has 1 aromatic heterocycles. The van der Waals surface area contributed by atoms with Gasteiger partial charge in [0.15, 0.2) is 0 Å². The number of hydrogen-bond donors (Lipinski definition) is 1. The Morgan fingerprint density at radius 2 is 1.59 bits per heavy atom. The first-order chi connectivity index (χ1) is 12.4. The number of rotatable bonds is 2. The molecule has 150 valence electrons. The summed E-state index contributed by atoms with van der Waals surface area (Å²) in [7, 11) is 0. The molecule has 0 radical (unpaired) electrons. The highest BCUT2D eigenvalue weighted by atomic mass is 127. The molecular weight excluding hydrogens is 465 g/mol. The molecule has 0 spiro atoms. The number of imidazole rings is 1. The molecule has 27 heavy (non-hydrogen) atoms.